The summed E-state index contributed by atoms with van der Waals surface area (Å²) in [5.74, 6) is -0.560. The van der Waals surface area contributed by atoms with Crippen LogP contribution in [0.2, 0.25) is 0 Å². The van der Waals surface area contributed by atoms with Crippen LogP contribution in [-0.2, 0) is 86.0 Å². The summed E-state index contributed by atoms with van der Waals surface area (Å²) in [7, 11) is 0. The second-order valence-electron chi connectivity index (χ2n) is 22.0. The van der Waals surface area contributed by atoms with Gasteiger partial charge in [0.25, 0.3) is 0 Å². The third kappa shape index (κ3) is 10.3. The maximum atomic E-state index is 13.8. The van der Waals surface area contributed by atoms with Gasteiger partial charge in [0.05, 0.1) is 50.0 Å². The average molecular weight is 1630 g/mol. The van der Waals surface area contributed by atoms with Crippen LogP contribution in [0.3, 0.4) is 0 Å². The van der Waals surface area contributed by atoms with E-state index < -0.39 is 11.6 Å². The number of nitrogens with zero attached hydrogens (tertiary/aromatic N) is 9. The molecule has 15 aromatic rings. The number of hydrogen-bond acceptors (Lipinski definition) is 6. The Labute approximate surface area is 520 Å². The van der Waals surface area contributed by atoms with Crippen molar-refractivity contribution in [2.75, 3.05) is 0 Å². The van der Waals surface area contributed by atoms with E-state index in [2.05, 4.69) is 151 Å². The molecule has 0 saturated carbocycles. The van der Waals surface area contributed by atoms with Crippen LogP contribution >= 0.6 is 0 Å². The Morgan fingerprint density at radius 1 is 0.398 bits per heavy atom. The molecular weight excluding hydrogens is 1570 g/mol. The number of aryl methyl sites for hydroxylation is 5. The second kappa shape index (κ2) is 23.6. The number of imidazole rings is 3. The summed E-state index contributed by atoms with van der Waals surface area (Å²) in [5, 5.41) is 5.93. The van der Waals surface area contributed by atoms with Gasteiger partial charge in [-0.25, -0.2) is 8.78 Å². The standard InChI is InChI=1S/C27H28N3.C23H20N3.C19H10F2N3.3Ir/c1-16(2)12-19-14-23-25(15-20(19)13-17(3)4)30-24-9-7-6-8-21(24)26-22(27(30)29-23)11-10-18(5)28-26;1-4-15-12-19-21(13-16(15)5-2)26-20-9-7-6-8-17(20)22-18(23(26)25-19)11-10-14(3)24-22;1-10-6-7-12-18(22-10)11-4-2-3-5-16(11)24-17-9-14(21)13(20)8-15(17)23-19(12)24;;;/h6-10,14-17H,12-13H2,1-5H3;6-10,12-13H,4-5H2,1-3H3;2-6,8-9H,1H3;;;/q3*-1;;;. The SMILES string of the molecule is CCc1cc2nc3c4[c-]cc(C)nc4c4ccccc4n3c2cc1CC.Cc1c[c-]c2c(n1)c1ccccc1n1c3cc(CC(C)C)c(CC(C)C)cc3nc21.Cc1c[c-]c2c(n1)c1ccccc1n1c3cc(F)c(F)cc3nc21.[Ir].[Ir].[Ir]. The van der Waals surface area contributed by atoms with Gasteiger partial charge in [-0.1, -0.05) is 133 Å². The van der Waals surface area contributed by atoms with Crippen LogP contribution in [0.25, 0.3) is 115 Å². The van der Waals surface area contributed by atoms with E-state index in [4.69, 9.17) is 19.9 Å². The summed E-state index contributed by atoms with van der Waals surface area (Å²) in [4.78, 5) is 28.9. The summed E-state index contributed by atoms with van der Waals surface area (Å²) >= 11 is 0. The van der Waals surface area contributed by atoms with E-state index in [9.17, 15) is 8.78 Å². The zero-order valence-electron chi connectivity index (χ0n) is 47.4. The average Bonchev–Trinajstić information content (AvgIpc) is 4.34. The van der Waals surface area contributed by atoms with Crippen molar-refractivity contribution < 1.29 is 69.1 Å². The molecule has 3 radical (unpaired) electrons. The molecular formula is C69H58F2Ir3N9-3. The van der Waals surface area contributed by atoms with Crippen molar-refractivity contribution in [3.63, 3.8) is 0 Å². The molecule has 423 valence electrons. The summed E-state index contributed by atoms with van der Waals surface area (Å²) in [6.45, 7) is 19.5. The summed E-state index contributed by atoms with van der Waals surface area (Å²) in [5.41, 5.74) is 22.2. The van der Waals surface area contributed by atoms with Gasteiger partial charge >= 0.3 is 0 Å². The van der Waals surface area contributed by atoms with Crippen molar-refractivity contribution in [3.05, 3.63) is 197 Å². The van der Waals surface area contributed by atoms with Gasteiger partial charge in [-0.15, -0.1) is 36.4 Å². The van der Waals surface area contributed by atoms with Crippen molar-refractivity contribution in [1.82, 2.24) is 43.1 Å². The van der Waals surface area contributed by atoms with Gasteiger partial charge < -0.3 is 28.2 Å². The molecule has 0 N–H and O–H groups in total. The van der Waals surface area contributed by atoms with E-state index in [-0.39, 0.29) is 60.3 Å². The molecule has 0 aliphatic heterocycles. The second-order valence-corrected chi connectivity index (χ2v) is 22.0. The van der Waals surface area contributed by atoms with Crippen LogP contribution in [-0.4, -0.2) is 43.1 Å². The molecule has 9 aromatic heterocycles. The molecule has 0 bridgehead atoms. The van der Waals surface area contributed by atoms with Gasteiger partial charge in [0.15, 0.2) is 11.6 Å². The normalized spacial score (nSPS) is 11.7. The van der Waals surface area contributed by atoms with E-state index >= 15 is 0 Å². The first-order chi connectivity index (χ1) is 38.8. The van der Waals surface area contributed by atoms with Crippen LogP contribution < -0.4 is 0 Å². The molecule has 0 aliphatic rings. The first-order valence-corrected chi connectivity index (χ1v) is 27.7. The molecule has 0 unspecified atom stereocenters. The predicted octanol–water partition coefficient (Wildman–Crippen LogP) is 16.7. The number of para-hydroxylation sites is 3. The fourth-order valence-corrected chi connectivity index (χ4v) is 11.9. The van der Waals surface area contributed by atoms with E-state index in [1.54, 1.807) is 6.07 Å². The van der Waals surface area contributed by atoms with Crippen molar-refractivity contribution >= 4 is 115 Å². The Bertz CT molecular complexity index is 5030. The molecule has 15 rings (SSSR count). The van der Waals surface area contributed by atoms with Gasteiger partial charge in [-0.2, -0.15) is 0 Å². The Hall–Kier alpha value is -7.01. The van der Waals surface area contributed by atoms with Crippen LogP contribution in [0.15, 0.2) is 127 Å². The van der Waals surface area contributed by atoms with Crippen molar-refractivity contribution in [2.45, 2.75) is 88.0 Å². The molecule has 0 saturated heterocycles. The van der Waals surface area contributed by atoms with Crippen molar-refractivity contribution in [1.29, 1.82) is 0 Å². The molecule has 0 amide bonds. The topological polar surface area (TPSA) is 90.6 Å². The minimum Gasteiger partial charge on any atom is -0.348 e. The van der Waals surface area contributed by atoms with E-state index in [0.717, 1.165) is 137 Å². The summed E-state index contributed by atoms with van der Waals surface area (Å²) in [6, 6.07) is 52.1. The minimum atomic E-state index is -0.905. The number of rotatable bonds is 6. The predicted molar refractivity (Wildman–Crippen MR) is 323 cm³/mol. The van der Waals surface area contributed by atoms with Crippen LogP contribution in [0, 0.1) is 62.4 Å². The quantitative estimate of drug-likeness (QED) is 0.122. The molecule has 83 heavy (non-hydrogen) atoms. The number of pyridine rings is 6. The van der Waals surface area contributed by atoms with E-state index in [0.29, 0.717) is 28.5 Å². The van der Waals surface area contributed by atoms with E-state index in [1.807, 2.05) is 61.6 Å². The number of aromatic nitrogens is 9. The van der Waals surface area contributed by atoms with Crippen LogP contribution in [0.4, 0.5) is 8.78 Å². The molecule has 9 nitrogen and oxygen atoms in total. The molecule has 0 aliphatic carbocycles. The molecule has 0 spiro atoms. The van der Waals surface area contributed by atoms with Gasteiger partial charge in [-0.05, 0) is 152 Å². The first kappa shape index (κ1) is 59.2. The van der Waals surface area contributed by atoms with Crippen molar-refractivity contribution in [3.8, 4) is 0 Å². The van der Waals surface area contributed by atoms with Gasteiger partial charge in [0.1, 0.15) is 0 Å². The summed E-state index contributed by atoms with van der Waals surface area (Å²) in [6.07, 6.45) is 4.23. The molecule has 6 aromatic carbocycles. The minimum absolute atomic E-state index is 0. The maximum absolute atomic E-state index is 13.8. The van der Waals surface area contributed by atoms with Gasteiger partial charge in [0.2, 0.25) is 0 Å². The molecule has 14 heteroatoms. The van der Waals surface area contributed by atoms with Crippen molar-refractivity contribution in [2.24, 2.45) is 11.8 Å². The van der Waals surface area contributed by atoms with Crippen LogP contribution in [0.5, 0.6) is 0 Å². The smallest absolute Gasteiger partial charge is 0.161 e. The van der Waals surface area contributed by atoms with Crippen LogP contribution in [0.1, 0.15) is 80.9 Å². The Morgan fingerprint density at radius 2 is 0.711 bits per heavy atom. The summed E-state index contributed by atoms with van der Waals surface area (Å²) < 4.78 is 33.8. The third-order valence-electron chi connectivity index (χ3n) is 15.4. The third-order valence-corrected chi connectivity index (χ3v) is 15.4. The number of halogens is 2. The Kier molecular flexibility index (Phi) is 16.8. The van der Waals surface area contributed by atoms with Gasteiger partial charge in [-0.3, -0.25) is 15.0 Å². The monoisotopic (exact) mass is 1630 g/mol. The largest absolute Gasteiger partial charge is 0.348 e. The fraction of sp³-hybridized carbons (Fsp3) is 0.217. The molecule has 0 atom stereocenters. The zero-order valence-corrected chi connectivity index (χ0v) is 54.6. The Balaban J connectivity index is 0.000000137. The number of benzene rings is 6. The van der Waals surface area contributed by atoms with E-state index in [1.165, 1.54) is 39.4 Å². The fourth-order valence-electron chi connectivity index (χ4n) is 11.9. The Morgan fingerprint density at radius 3 is 1.10 bits per heavy atom. The molecule has 9 heterocycles. The maximum Gasteiger partial charge on any atom is 0.161 e. The first-order valence-electron chi connectivity index (χ1n) is 27.7. The number of hydrogen-bond donors (Lipinski definition) is 0. The number of fused-ring (bicyclic) bond motifs is 24. The van der Waals surface area contributed by atoms with Gasteiger partial charge in [0, 0.05) is 89.0 Å². The molecule has 0 fully saturated rings. The zero-order chi connectivity index (χ0) is 55.2.